The SMILES string of the molecule is O=C1C(=C2C=CC(=[N+](CCO)CCO)C=C2)C(O)=C1c1ccc(N(CCO)CCO)cc1. The lowest BCUT2D eigenvalue weighted by atomic mass is 9.80. The van der Waals surface area contributed by atoms with Crippen LogP contribution in [0.15, 0.2) is 65.5 Å². The summed E-state index contributed by atoms with van der Waals surface area (Å²) in [5.41, 5.74) is 3.32. The van der Waals surface area contributed by atoms with Crippen LogP contribution in [0.2, 0.25) is 0 Å². The van der Waals surface area contributed by atoms with Gasteiger partial charge in [-0.15, -0.1) is 0 Å². The van der Waals surface area contributed by atoms with E-state index >= 15 is 0 Å². The summed E-state index contributed by atoms with van der Waals surface area (Å²) in [4.78, 5) is 14.6. The molecule has 0 bridgehead atoms. The van der Waals surface area contributed by atoms with Crippen molar-refractivity contribution in [2.75, 3.05) is 57.5 Å². The van der Waals surface area contributed by atoms with Gasteiger partial charge in [0.1, 0.15) is 19.0 Å². The minimum atomic E-state index is -0.242. The van der Waals surface area contributed by atoms with Gasteiger partial charge in [0.2, 0.25) is 5.78 Å². The molecule has 0 aromatic heterocycles. The van der Waals surface area contributed by atoms with Gasteiger partial charge in [0.15, 0.2) is 18.8 Å². The fourth-order valence-electron chi connectivity index (χ4n) is 3.84. The van der Waals surface area contributed by atoms with Gasteiger partial charge in [-0.2, -0.15) is 0 Å². The third-order valence-corrected chi connectivity index (χ3v) is 5.45. The summed E-state index contributed by atoms with van der Waals surface area (Å²) >= 11 is 0. The van der Waals surface area contributed by atoms with E-state index in [2.05, 4.69) is 0 Å². The fourth-order valence-corrected chi connectivity index (χ4v) is 3.84. The van der Waals surface area contributed by atoms with Crippen LogP contribution in [0.3, 0.4) is 0 Å². The van der Waals surface area contributed by atoms with E-state index in [4.69, 9.17) is 0 Å². The van der Waals surface area contributed by atoms with E-state index in [1.165, 1.54) is 0 Å². The van der Waals surface area contributed by atoms with Gasteiger partial charge in [0.25, 0.3) is 0 Å². The second-order valence-electron chi connectivity index (χ2n) is 7.39. The summed E-state index contributed by atoms with van der Waals surface area (Å²) in [6.07, 6.45) is 7.06. The van der Waals surface area contributed by atoms with E-state index in [1.807, 2.05) is 9.48 Å². The number of anilines is 1. The van der Waals surface area contributed by atoms with Gasteiger partial charge < -0.3 is 30.4 Å². The number of ketones is 1. The summed E-state index contributed by atoms with van der Waals surface area (Å²) in [5, 5.41) is 47.4. The van der Waals surface area contributed by atoms with Crippen LogP contribution in [-0.2, 0) is 4.79 Å². The highest BCUT2D eigenvalue weighted by molar-refractivity contribution is 6.39. The summed E-state index contributed by atoms with van der Waals surface area (Å²) in [6, 6.07) is 7.06. The number of carbonyl (C=O) groups is 1. The Labute approximate surface area is 186 Å². The minimum Gasteiger partial charge on any atom is -0.506 e. The maximum absolute atomic E-state index is 12.8. The first-order chi connectivity index (χ1) is 15.5. The molecule has 0 spiro atoms. The molecule has 32 heavy (non-hydrogen) atoms. The zero-order valence-electron chi connectivity index (χ0n) is 17.8. The van der Waals surface area contributed by atoms with Crippen molar-refractivity contribution >= 4 is 22.8 Å². The third kappa shape index (κ3) is 4.89. The second kappa shape index (κ2) is 11.0. The van der Waals surface area contributed by atoms with Gasteiger partial charge in [-0.25, -0.2) is 4.58 Å². The molecule has 0 atom stereocenters. The van der Waals surface area contributed by atoms with Crippen molar-refractivity contribution in [1.29, 1.82) is 0 Å². The Hall–Kier alpha value is -3.04. The average molecular weight is 442 g/mol. The maximum atomic E-state index is 12.8. The first-order valence-corrected chi connectivity index (χ1v) is 10.5. The summed E-state index contributed by atoms with van der Waals surface area (Å²) in [5.74, 6) is -0.297. The molecule has 5 N–H and O–H groups in total. The highest BCUT2D eigenvalue weighted by Crippen LogP contribution is 2.39. The first kappa shape index (κ1) is 23.6. The largest absolute Gasteiger partial charge is 0.506 e. The minimum absolute atomic E-state index is 0.0406. The normalized spacial score (nSPS) is 15.5. The van der Waals surface area contributed by atoms with Crippen molar-refractivity contribution in [2.24, 2.45) is 0 Å². The first-order valence-electron chi connectivity index (χ1n) is 10.5. The number of aliphatic hydroxyl groups excluding tert-OH is 5. The number of aliphatic hydroxyl groups is 5. The Morgan fingerprint density at radius 3 is 1.78 bits per heavy atom. The number of Topliss-reactive ketones (excluding diaryl/α,β-unsaturated/α-hetero) is 1. The quantitative estimate of drug-likeness (QED) is 0.259. The van der Waals surface area contributed by atoms with Gasteiger partial charge in [0.05, 0.1) is 24.4 Å². The lowest BCUT2D eigenvalue weighted by molar-refractivity contribution is -0.530. The molecule has 2 aliphatic rings. The van der Waals surface area contributed by atoms with Gasteiger partial charge in [-0.1, -0.05) is 12.1 Å². The molecule has 0 saturated heterocycles. The average Bonchev–Trinajstić information content (AvgIpc) is 2.80. The van der Waals surface area contributed by atoms with E-state index in [9.17, 15) is 30.3 Å². The van der Waals surface area contributed by atoms with Crippen LogP contribution in [0.4, 0.5) is 5.69 Å². The van der Waals surface area contributed by atoms with Crippen molar-refractivity contribution in [3.63, 3.8) is 0 Å². The van der Waals surface area contributed by atoms with Crippen LogP contribution in [0.1, 0.15) is 5.56 Å². The molecule has 8 heteroatoms. The van der Waals surface area contributed by atoms with Crippen LogP contribution in [0.25, 0.3) is 5.57 Å². The Morgan fingerprint density at radius 1 is 0.750 bits per heavy atom. The molecule has 0 aliphatic heterocycles. The summed E-state index contributed by atoms with van der Waals surface area (Å²) in [6.45, 7) is 1.37. The zero-order chi connectivity index (χ0) is 23.1. The highest BCUT2D eigenvalue weighted by Gasteiger charge is 2.36. The Kier molecular flexibility index (Phi) is 8.13. The van der Waals surface area contributed by atoms with Crippen LogP contribution < -0.4 is 4.90 Å². The standard InChI is InChI=1S/C24H28N2O6/c27-13-9-25(10-14-28)19-5-1-17(2-6-19)21-23(31)22(24(21)32)18-3-7-20(8-4-18)26(11-15-29)12-16-30/h1-8,27-30H,9-16H2/p+1. The van der Waals surface area contributed by atoms with E-state index < -0.39 is 0 Å². The van der Waals surface area contributed by atoms with E-state index in [0.717, 1.165) is 11.4 Å². The molecule has 1 aromatic carbocycles. The lowest BCUT2D eigenvalue weighted by Crippen LogP contribution is -2.29. The van der Waals surface area contributed by atoms with Gasteiger partial charge >= 0.3 is 0 Å². The van der Waals surface area contributed by atoms with Crippen LogP contribution in [0.5, 0.6) is 0 Å². The van der Waals surface area contributed by atoms with Crippen LogP contribution in [-0.4, -0.2) is 94.2 Å². The molecule has 0 amide bonds. The summed E-state index contributed by atoms with van der Waals surface area (Å²) in [7, 11) is 0. The number of benzene rings is 1. The molecule has 2 aliphatic carbocycles. The molecular weight excluding hydrogens is 412 g/mol. The van der Waals surface area contributed by atoms with Crippen LogP contribution >= 0.6 is 0 Å². The van der Waals surface area contributed by atoms with Gasteiger partial charge in [-0.05, 0) is 35.4 Å². The smallest absolute Gasteiger partial charge is 0.201 e. The number of allylic oxidation sites excluding steroid dienone is 7. The number of rotatable bonds is 10. The molecule has 8 nitrogen and oxygen atoms in total. The monoisotopic (exact) mass is 441 g/mol. The lowest BCUT2D eigenvalue weighted by Gasteiger charge is -2.25. The van der Waals surface area contributed by atoms with Crippen molar-refractivity contribution in [2.45, 2.75) is 0 Å². The molecule has 0 unspecified atom stereocenters. The second-order valence-corrected chi connectivity index (χ2v) is 7.39. The van der Waals surface area contributed by atoms with Gasteiger partial charge in [-0.3, -0.25) is 4.79 Å². The highest BCUT2D eigenvalue weighted by atomic mass is 16.3. The van der Waals surface area contributed by atoms with Crippen molar-refractivity contribution in [1.82, 2.24) is 0 Å². The number of hydrogen-bond acceptors (Lipinski definition) is 7. The molecule has 0 radical (unpaired) electrons. The Balaban J connectivity index is 1.84. The molecule has 1 aromatic rings. The molecule has 3 rings (SSSR count). The fraction of sp³-hybridized carbons (Fsp3) is 0.333. The summed E-state index contributed by atoms with van der Waals surface area (Å²) < 4.78 is 1.83. The Morgan fingerprint density at radius 2 is 1.31 bits per heavy atom. The molecule has 170 valence electrons. The van der Waals surface area contributed by atoms with Crippen molar-refractivity contribution < 1.29 is 34.9 Å². The van der Waals surface area contributed by atoms with E-state index in [0.29, 0.717) is 37.3 Å². The van der Waals surface area contributed by atoms with Crippen molar-refractivity contribution in [3.8, 4) is 0 Å². The van der Waals surface area contributed by atoms with Gasteiger partial charge in [0, 0.05) is 30.9 Å². The molecule has 0 heterocycles. The van der Waals surface area contributed by atoms with E-state index in [-0.39, 0.29) is 49.1 Å². The Bertz CT molecular complexity index is 970. The van der Waals surface area contributed by atoms with Crippen LogP contribution in [0, 0.1) is 0 Å². The predicted molar refractivity (Wildman–Crippen MR) is 122 cm³/mol. The van der Waals surface area contributed by atoms with E-state index in [1.54, 1.807) is 48.6 Å². The number of carbonyl (C=O) groups excluding carboxylic acids is 1. The number of hydrogen-bond donors (Lipinski definition) is 5. The zero-order valence-corrected chi connectivity index (χ0v) is 17.8. The predicted octanol–water partition coefficient (Wildman–Crippen LogP) is 0.190. The van der Waals surface area contributed by atoms with Crippen molar-refractivity contribution in [3.05, 3.63) is 71.0 Å². The molecule has 0 saturated carbocycles. The molecule has 0 fully saturated rings. The topological polar surface area (TPSA) is 124 Å². The molecular formula is C24H29N2O6+. The maximum Gasteiger partial charge on any atom is 0.201 e. The number of nitrogens with zero attached hydrogens (tertiary/aromatic N) is 2. The third-order valence-electron chi connectivity index (χ3n) is 5.45.